The molecule has 0 aliphatic carbocycles. The molecule has 0 heterocycles. The fourth-order valence-corrected chi connectivity index (χ4v) is 1.48. The maximum absolute atomic E-state index is 8.64. The number of para-hydroxylation sites is 1. The summed E-state index contributed by atoms with van der Waals surface area (Å²) >= 11 is 0. The third kappa shape index (κ3) is 2.19. The van der Waals surface area contributed by atoms with Gasteiger partial charge in [-0.15, -0.1) is 0 Å². The molecule has 0 spiro atoms. The monoisotopic (exact) mass is 197 g/mol. The zero-order valence-electron chi connectivity index (χ0n) is 8.13. The van der Waals surface area contributed by atoms with Crippen molar-refractivity contribution in [3.05, 3.63) is 54.6 Å². The highest BCUT2D eigenvalue weighted by Crippen LogP contribution is 2.28. The topological polar surface area (TPSA) is 29.5 Å². The largest absolute Gasteiger partial charge is 0.569 e. The third-order valence-corrected chi connectivity index (χ3v) is 2.15. The van der Waals surface area contributed by atoms with Crippen molar-refractivity contribution in [3.63, 3.8) is 0 Å². The molecule has 0 aliphatic heterocycles. The summed E-state index contributed by atoms with van der Waals surface area (Å²) in [6.45, 7) is 0. The summed E-state index contributed by atoms with van der Waals surface area (Å²) in [5, 5.41) is 8.64. The summed E-state index contributed by atoms with van der Waals surface area (Å²) in [4.78, 5) is 0. The molecule has 1 radical (unpaired) electrons. The molecule has 2 rings (SSSR count). The van der Waals surface area contributed by atoms with Gasteiger partial charge in [0.05, 0.1) is 0 Å². The van der Waals surface area contributed by atoms with Crippen LogP contribution >= 0.6 is 0 Å². The van der Waals surface area contributed by atoms with Crippen molar-refractivity contribution < 1.29 is 9.68 Å². The molecule has 2 aromatic carbocycles. The Morgan fingerprint density at radius 2 is 1.53 bits per heavy atom. The van der Waals surface area contributed by atoms with Crippen LogP contribution in [0.1, 0.15) is 0 Å². The van der Waals surface area contributed by atoms with Crippen LogP contribution in [0.15, 0.2) is 54.6 Å². The average molecular weight is 197 g/mol. The molecular weight excluding hydrogens is 187 g/mol. The lowest BCUT2D eigenvalue weighted by Crippen LogP contribution is -2.00. The van der Waals surface area contributed by atoms with Crippen LogP contribution in [0.5, 0.6) is 5.75 Å². The van der Waals surface area contributed by atoms with Crippen LogP contribution in [0.4, 0.5) is 0 Å². The summed E-state index contributed by atoms with van der Waals surface area (Å²) in [6, 6.07) is 17.5. The van der Waals surface area contributed by atoms with E-state index in [0.29, 0.717) is 13.4 Å². The van der Waals surface area contributed by atoms with Crippen LogP contribution in [-0.2, 0) is 0 Å². The molecule has 0 saturated carbocycles. The molecule has 0 amide bonds. The highest BCUT2D eigenvalue weighted by Gasteiger charge is 2.04. The predicted octanol–water partition coefficient (Wildman–Crippen LogP) is 2.26. The Hall–Kier alpha value is -1.74. The Balaban J connectivity index is 2.43. The standard InChI is InChI=1S/C12H10BO2/c14-13-15-12-9-5-4-8-11(12)10-6-2-1-3-7-10/h1-9,14H. The molecule has 73 valence electrons. The first-order valence-corrected chi connectivity index (χ1v) is 4.69. The second-order valence-corrected chi connectivity index (χ2v) is 3.09. The third-order valence-electron chi connectivity index (χ3n) is 2.15. The first-order valence-electron chi connectivity index (χ1n) is 4.69. The van der Waals surface area contributed by atoms with Gasteiger partial charge in [0.1, 0.15) is 5.75 Å². The number of hydrogen-bond donors (Lipinski definition) is 1. The summed E-state index contributed by atoms with van der Waals surface area (Å²) in [6.07, 6.45) is 0. The van der Waals surface area contributed by atoms with Crippen molar-refractivity contribution in [2.75, 3.05) is 0 Å². The molecule has 0 atom stereocenters. The van der Waals surface area contributed by atoms with Gasteiger partial charge in [0.25, 0.3) is 0 Å². The van der Waals surface area contributed by atoms with Crippen molar-refractivity contribution in [2.24, 2.45) is 0 Å². The Kier molecular flexibility index (Phi) is 3.05. The first-order chi connectivity index (χ1) is 7.42. The maximum Gasteiger partial charge on any atom is 0.569 e. The van der Waals surface area contributed by atoms with Crippen LogP contribution in [0, 0.1) is 0 Å². The zero-order valence-corrected chi connectivity index (χ0v) is 8.13. The lowest BCUT2D eigenvalue weighted by atomic mass is 10.0. The van der Waals surface area contributed by atoms with E-state index in [-0.39, 0.29) is 0 Å². The average Bonchev–Trinajstić information content (AvgIpc) is 2.31. The van der Waals surface area contributed by atoms with Crippen molar-refractivity contribution in [2.45, 2.75) is 0 Å². The molecule has 3 heteroatoms. The van der Waals surface area contributed by atoms with E-state index in [9.17, 15) is 0 Å². The van der Waals surface area contributed by atoms with E-state index < -0.39 is 0 Å². The minimum absolute atomic E-state index is 0.645. The number of rotatable bonds is 3. The lowest BCUT2D eigenvalue weighted by Gasteiger charge is -2.08. The van der Waals surface area contributed by atoms with E-state index in [0.717, 1.165) is 11.1 Å². The molecule has 15 heavy (non-hydrogen) atoms. The van der Waals surface area contributed by atoms with Crippen molar-refractivity contribution >= 4 is 7.69 Å². The maximum atomic E-state index is 8.64. The van der Waals surface area contributed by atoms with E-state index >= 15 is 0 Å². The smallest absolute Gasteiger partial charge is 0.537 e. The summed E-state index contributed by atoms with van der Waals surface area (Å²) < 4.78 is 5.02. The Morgan fingerprint density at radius 1 is 0.867 bits per heavy atom. The van der Waals surface area contributed by atoms with Gasteiger partial charge in [-0.25, -0.2) is 0 Å². The van der Waals surface area contributed by atoms with Gasteiger partial charge in [-0.2, -0.15) is 0 Å². The van der Waals surface area contributed by atoms with Crippen LogP contribution in [0.3, 0.4) is 0 Å². The highest BCUT2D eigenvalue weighted by molar-refractivity contribution is 6.17. The molecule has 1 N–H and O–H groups in total. The SMILES string of the molecule is O[B]Oc1ccccc1-c1ccccc1. The zero-order chi connectivity index (χ0) is 10.5. The summed E-state index contributed by atoms with van der Waals surface area (Å²) in [7, 11) is 0.696. The fraction of sp³-hybridized carbons (Fsp3) is 0. The van der Waals surface area contributed by atoms with Gasteiger partial charge >= 0.3 is 7.69 Å². The van der Waals surface area contributed by atoms with Crippen molar-refractivity contribution in [1.82, 2.24) is 0 Å². The molecular formula is C12H10BO2. The molecule has 2 aromatic rings. The van der Waals surface area contributed by atoms with Crippen LogP contribution in [0.25, 0.3) is 11.1 Å². The number of hydrogen-bond acceptors (Lipinski definition) is 2. The minimum Gasteiger partial charge on any atom is -0.537 e. The highest BCUT2D eigenvalue weighted by atomic mass is 16.5. The van der Waals surface area contributed by atoms with Gasteiger partial charge < -0.3 is 9.68 Å². The van der Waals surface area contributed by atoms with E-state index in [1.165, 1.54) is 0 Å². The van der Waals surface area contributed by atoms with E-state index in [4.69, 9.17) is 9.68 Å². The van der Waals surface area contributed by atoms with Crippen LogP contribution < -0.4 is 4.65 Å². The van der Waals surface area contributed by atoms with E-state index in [1.54, 1.807) is 0 Å². The quantitative estimate of drug-likeness (QED) is 0.764. The van der Waals surface area contributed by atoms with Crippen molar-refractivity contribution in [1.29, 1.82) is 0 Å². The molecule has 0 bridgehead atoms. The van der Waals surface area contributed by atoms with Gasteiger partial charge in [-0.05, 0) is 11.6 Å². The molecule has 0 aromatic heterocycles. The molecule has 0 saturated heterocycles. The first kappa shape index (κ1) is 9.81. The van der Waals surface area contributed by atoms with E-state index in [1.807, 2.05) is 54.6 Å². The van der Waals surface area contributed by atoms with Gasteiger partial charge in [-0.3, -0.25) is 0 Å². The molecule has 2 nitrogen and oxygen atoms in total. The Morgan fingerprint density at radius 3 is 2.27 bits per heavy atom. The second-order valence-electron chi connectivity index (χ2n) is 3.09. The van der Waals surface area contributed by atoms with Gasteiger partial charge in [0.15, 0.2) is 0 Å². The van der Waals surface area contributed by atoms with Gasteiger partial charge in [0, 0.05) is 5.56 Å². The van der Waals surface area contributed by atoms with E-state index in [2.05, 4.69) is 0 Å². The minimum atomic E-state index is 0.645. The normalized spacial score (nSPS) is 9.67. The number of benzene rings is 2. The van der Waals surface area contributed by atoms with Gasteiger partial charge in [-0.1, -0.05) is 48.5 Å². The summed E-state index contributed by atoms with van der Waals surface area (Å²) in [5.41, 5.74) is 2.03. The molecule has 0 fully saturated rings. The molecule has 0 aliphatic rings. The van der Waals surface area contributed by atoms with Crippen molar-refractivity contribution in [3.8, 4) is 16.9 Å². The van der Waals surface area contributed by atoms with Crippen LogP contribution in [-0.4, -0.2) is 12.7 Å². The lowest BCUT2D eigenvalue weighted by molar-refractivity contribution is 0.455. The predicted molar refractivity (Wildman–Crippen MR) is 60.5 cm³/mol. The summed E-state index contributed by atoms with van der Waals surface area (Å²) in [5.74, 6) is 0.645. The Bertz CT molecular complexity index is 429. The van der Waals surface area contributed by atoms with Crippen LogP contribution in [0.2, 0.25) is 0 Å². The van der Waals surface area contributed by atoms with Gasteiger partial charge in [0.2, 0.25) is 0 Å². The fourth-order valence-electron chi connectivity index (χ4n) is 1.48. The molecule has 0 unspecified atom stereocenters. The Labute approximate surface area is 89.5 Å². The second kappa shape index (κ2) is 4.67.